The molecule has 2 atom stereocenters. The first-order valence-corrected chi connectivity index (χ1v) is 10.5. The van der Waals surface area contributed by atoms with Gasteiger partial charge < -0.3 is 9.84 Å². The van der Waals surface area contributed by atoms with E-state index in [1.54, 1.807) is 6.07 Å². The van der Waals surface area contributed by atoms with Gasteiger partial charge in [0.25, 0.3) is 0 Å². The number of amides is 1. The van der Waals surface area contributed by atoms with E-state index in [0.29, 0.717) is 29.7 Å². The molecule has 2 heterocycles. The lowest BCUT2D eigenvalue weighted by molar-refractivity contribution is -0.129. The van der Waals surface area contributed by atoms with Gasteiger partial charge >= 0.3 is 0 Å². The number of nitrogens with zero attached hydrogens (tertiary/aromatic N) is 2. The fraction of sp³-hybridized carbons (Fsp3) is 0.542. The highest BCUT2D eigenvalue weighted by molar-refractivity contribution is 5.82. The van der Waals surface area contributed by atoms with Crippen LogP contribution < -0.4 is 5.32 Å². The Balaban J connectivity index is 0.000000258. The largest absolute Gasteiger partial charge is 0.356 e. The second-order valence-electron chi connectivity index (χ2n) is 8.81. The quantitative estimate of drug-likeness (QED) is 0.742. The minimum atomic E-state index is 0.0278. The molecular weight excluding hydrogens is 378 g/mol. The summed E-state index contributed by atoms with van der Waals surface area (Å²) < 4.78 is 5.00. The third-order valence-electron chi connectivity index (χ3n) is 4.64. The summed E-state index contributed by atoms with van der Waals surface area (Å²) in [6.45, 7) is 15.7. The Bertz CT molecular complexity index is 778. The lowest BCUT2D eigenvalue weighted by Gasteiger charge is -2.37. The Labute approximate surface area is 181 Å². The monoisotopic (exact) mass is 415 g/mol. The summed E-state index contributed by atoms with van der Waals surface area (Å²) >= 11 is 0. The fourth-order valence-electron chi connectivity index (χ4n) is 2.59. The minimum absolute atomic E-state index is 0.0278. The van der Waals surface area contributed by atoms with Gasteiger partial charge in [-0.1, -0.05) is 69.6 Å². The molecule has 1 aromatic carbocycles. The number of benzene rings is 1. The number of aryl methyl sites for hydroxylation is 1. The van der Waals surface area contributed by atoms with Crippen LogP contribution in [0.2, 0.25) is 0 Å². The molecule has 1 fully saturated rings. The van der Waals surface area contributed by atoms with Crippen molar-refractivity contribution in [3.63, 3.8) is 0 Å². The third kappa shape index (κ3) is 8.49. The smallest absolute Gasteiger partial charge is 0.237 e. The number of carbonyl (C=O) groups is 2. The average Bonchev–Trinajstić information content (AvgIpc) is 3.15. The minimum Gasteiger partial charge on any atom is -0.356 e. The van der Waals surface area contributed by atoms with Crippen LogP contribution >= 0.6 is 0 Å². The first-order chi connectivity index (χ1) is 14.0. The molecule has 166 valence electrons. The zero-order valence-electron chi connectivity index (χ0n) is 19.6. The van der Waals surface area contributed by atoms with Crippen LogP contribution in [0.15, 0.2) is 34.9 Å². The Hall–Kier alpha value is -2.47. The van der Waals surface area contributed by atoms with Crippen LogP contribution in [-0.2, 0) is 4.79 Å². The molecular formula is C24H37N3O3. The first-order valence-electron chi connectivity index (χ1n) is 10.5. The lowest BCUT2D eigenvalue weighted by atomic mass is 10.00. The number of likely N-dealkylation sites (N-methyl/N-ethyl adjacent to an activating group) is 1. The van der Waals surface area contributed by atoms with Gasteiger partial charge in [-0.25, -0.2) is 0 Å². The van der Waals surface area contributed by atoms with Crippen molar-refractivity contribution in [3.05, 3.63) is 41.6 Å². The summed E-state index contributed by atoms with van der Waals surface area (Å²) in [6.07, 6.45) is 0.668. The van der Waals surface area contributed by atoms with Crippen LogP contribution in [0.1, 0.15) is 57.6 Å². The maximum absolute atomic E-state index is 11.4. The highest BCUT2D eigenvalue weighted by Crippen LogP contribution is 2.19. The Kier molecular flexibility index (Phi) is 10.5. The number of carbonyl (C=O) groups excluding carboxylic acids is 2. The van der Waals surface area contributed by atoms with Gasteiger partial charge in [0.15, 0.2) is 12.0 Å². The number of hydrogen-bond acceptors (Lipinski definition) is 5. The zero-order chi connectivity index (χ0) is 22.8. The van der Waals surface area contributed by atoms with Gasteiger partial charge in [0, 0.05) is 24.2 Å². The molecule has 0 bridgehead atoms. The van der Waals surface area contributed by atoms with Crippen molar-refractivity contribution in [1.29, 1.82) is 0 Å². The van der Waals surface area contributed by atoms with Crippen molar-refractivity contribution in [2.75, 3.05) is 13.6 Å². The van der Waals surface area contributed by atoms with Gasteiger partial charge in [-0.05, 0) is 32.7 Å². The molecule has 6 nitrogen and oxygen atoms in total. The van der Waals surface area contributed by atoms with Crippen LogP contribution in [0, 0.1) is 18.8 Å². The van der Waals surface area contributed by atoms with Crippen molar-refractivity contribution in [1.82, 2.24) is 15.4 Å². The predicted molar refractivity (Wildman–Crippen MR) is 121 cm³/mol. The number of rotatable bonds is 3. The molecule has 6 heteroatoms. The number of aromatic nitrogens is 1. The van der Waals surface area contributed by atoms with Gasteiger partial charge in [0.05, 0.1) is 6.04 Å². The molecule has 3 rings (SSSR count). The van der Waals surface area contributed by atoms with Gasteiger partial charge in [-0.15, -0.1) is 0 Å². The summed E-state index contributed by atoms with van der Waals surface area (Å²) in [7, 11) is 2.00. The zero-order valence-corrected chi connectivity index (χ0v) is 19.6. The normalized spacial score (nSPS) is 18.8. The van der Waals surface area contributed by atoms with E-state index in [9.17, 15) is 9.59 Å². The van der Waals surface area contributed by atoms with E-state index in [0.717, 1.165) is 18.0 Å². The molecule has 0 saturated carbocycles. The predicted octanol–water partition coefficient (Wildman–Crippen LogP) is 4.59. The molecule has 1 amide bonds. The van der Waals surface area contributed by atoms with E-state index in [1.165, 1.54) is 5.56 Å². The van der Waals surface area contributed by atoms with Gasteiger partial charge in [-0.2, -0.15) is 0 Å². The summed E-state index contributed by atoms with van der Waals surface area (Å²) in [5.41, 5.74) is 2.43. The third-order valence-corrected chi connectivity index (χ3v) is 4.64. The Morgan fingerprint density at radius 1 is 1.17 bits per heavy atom. The van der Waals surface area contributed by atoms with E-state index >= 15 is 0 Å². The first kappa shape index (κ1) is 25.6. The van der Waals surface area contributed by atoms with Crippen LogP contribution in [0.4, 0.5) is 0 Å². The lowest BCUT2D eigenvalue weighted by Crippen LogP contribution is -2.59. The second-order valence-corrected chi connectivity index (χ2v) is 8.81. The topological polar surface area (TPSA) is 75.4 Å². The molecule has 1 saturated heterocycles. The van der Waals surface area contributed by atoms with E-state index in [1.807, 2.05) is 45.2 Å². The van der Waals surface area contributed by atoms with Gasteiger partial charge in [-0.3, -0.25) is 14.5 Å². The molecule has 0 aliphatic carbocycles. The van der Waals surface area contributed by atoms with Crippen molar-refractivity contribution in [2.45, 2.75) is 60.5 Å². The summed E-state index contributed by atoms with van der Waals surface area (Å²) in [5.74, 6) is 2.12. The van der Waals surface area contributed by atoms with E-state index < -0.39 is 0 Å². The van der Waals surface area contributed by atoms with Gasteiger partial charge in [0.1, 0.15) is 5.69 Å². The molecule has 1 aliphatic rings. The van der Waals surface area contributed by atoms with Crippen LogP contribution in [0.5, 0.6) is 0 Å². The molecule has 2 aromatic rings. The van der Waals surface area contributed by atoms with E-state index in [2.05, 4.69) is 50.0 Å². The molecule has 1 aromatic heterocycles. The average molecular weight is 416 g/mol. The molecule has 0 radical (unpaired) electrons. The molecule has 0 spiro atoms. The van der Waals surface area contributed by atoms with Gasteiger partial charge in [0.2, 0.25) is 5.91 Å². The van der Waals surface area contributed by atoms with Crippen molar-refractivity contribution in [3.8, 4) is 11.3 Å². The molecule has 1 N–H and O–H groups in total. The van der Waals surface area contributed by atoms with Crippen LogP contribution in [0.25, 0.3) is 11.3 Å². The van der Waals surface area contributed by atoms with Crippen LogP contribution in [0.3, 0.4) is 0 Å². The standard InChI is InChI=1S/C11H9NO2.C9H18N2O.C4H10/c1-8-2-4-9(5-3-8)11-6-10(7-13)12-14-11;1-6(2)8-5-11(4)7(3)9(12)10-8;1-4(2)3/h2-7H,1H3;6-8H,5H2,1-4H3,(H,10,12);4H,1-3H3. The van der Waals surface area contributed by atoms with E-state index in [-0.39, 0.29) is 11.9 Å². The number of nitrogens with one attached hydrogen (secondary N) is 1. The maximum atomic E-state index is 11.4. The van der Waals surface area contributed by atoms with Crippen molar-refractivity contribution >= 4 is 12.2 Å². The molecule has 1 aliphatic heterocycles. The number of hydrogen-bond donors (Lipinski definition) is 1. The van der Waals surface area contributed by atoms with Crippen molar-refractivity contribution < 1.29 is 14.1 Å². The van der Waals surface area contributed by atoms with Crippen molar-refractivity contribution in [2.24, 2.45) is 11.8 Å². The summed E-state index contributed by atoms with van der Waals surface area (Å²) in [6, 6.07) is 9.81. The highest BCUT2D eigenvalue weighted by atomic mass is 16.5. The Morgan fingerprint density at radius 3 is 2.17 bits per heavy atom. The molecule has 30 heavy (non-hydrogen) atoms. The maximum Gasteiger partial charge on any atom is 0.237 e. The summed E-state index contributed by atoms with van der Waals surface area (Å²) in [5, 5.41) is 6.61. The Morgan fingerprint density at radius 2 is 1.73 bits per heavy atom. The van der Waals surface area contributed by atoms with Crippen LogP contribution in [-0.4, -0.2) is 47.9 Å². The number of piperazine rings is 1. The highest BCUT2D eigenvalue weighted by Gasteiger charge is 2.29. The second kappa shape index (κ2) is 12.3. The summed E-state index contributed by atoms with van der Waals surface area (Å²) in [4.78, 5) is 23.9. The fourth-order valence-corrected chi connectivity index (χ4v) is 2.59. The van der Waals surface area contributed by atoms with E-state index in [4.69, 9.17) is 4.52 Å². The SMILES string of the molecule is CC(C)C.CC(C)C1CN(C)C(C)C(=O)N1.Cc1ccc(-c2cc(C=O)no2)cc1. The molecule has 2 unspecified atom stereocenters. The number of aldehydes is 1.